The summed E-state index contributed by atoms with van der Waals surface area (Å²) in [5, 5.41) is 12.0. The first kappa shape index (κ1) is 14.3. The first-order valence-corrected chi connectivity index (χ1v) is 8.10. The summed E-state index contributed by atoms with van der Waals surface area (Å²) < 4.78 is 22.5. The zero-order chi connectivity index (χ0) is 14.6. The van der Waals surface area contributed by atoms with Crippen LogP contribution in [0.3, 0.4) is 0 Å². The predicted molar refractivity (Wildman–Crippen MR) is 79.9 cm³/mol. The lowest BCUT2D eigenvalue weighted by atomic mass is 10.0. The Kier molecular flexibility index (Phi) is 4.20. The standard InChI is InChI=1S/C15H15NO3S/c1-20(18,19)11-15(16-17)14-9-7-13(8-10-14)12-5-3-2-4-6-12/h2-10,17H,11H2,1H3/b16-15+. The fourth-order valence-electron chi connectivity index (χ4n) is 1.90. The van der Waals surface area contributed by atoms with Crippen molar-refractivity contribution in [2.75, 3.05) is 12.0 Å². The number of hydrogen-bond donors (Lipinski definition) is 1. The molecule has 104 valence electrons. The van der Waals surface area contributed by atoms with Crippen LogP contribution in [0, 0.1) is 0 Å². The van der Waals surface area contributed by atoms with Crippen molar-refractivity contribution < 1.29 is 13.6 Å². The number of oxime groups is 1. The fraction of sp³-hybridized carbons (Fsp3) is 0.133. The van der Waals surface area contributed by atoms with Crippen molar-refractivity contribution >= 4 is 15.5 Å². The molecule has 0 saturated carbocycles. The monoisotopic (exact) mass is 289 g/mol. The summed E-state index contributed by atoms with van der Waals surface area (Å²) in [6.07, 6.45) is 1.11. The predicted octanol–water partition coefficient (Wildman–Crippen LogP) is 2.58. The zero-order valence-electron chi connectivity index (χ0n) is 11.0. The average Bonchev–Trinajstić information content (AvgIpc) is 2.45. The number of sulfone groups is 1. The first-order chi connectivity index (χ1) is 9.49. The summed E-state index contributed by atoms with van der Waals surface area (Å²) in [5.41, 5.74) is 2.83. The van der Waals surface area contributed by atoms with Gasteiger partial charge in [-0.2, -0.15) is 0 Å². The molecule has 20 heavy (non-hydrogen) atoms. The second kappa shape index (κ2) is 5.88. The van der Waals surface area contributed by atoms with Crippen LogP contribution in [0.15, 0.2) is 59.8 Å². The van der Waals surface area contributed by atoms with Crippen molar-refractivity contribution in [3.05, 3.63) is 60.2 Å². The third kappa shape index (κ3) is 3.68. The van der Waals surface area contributed by atoms with Crippen LogP contribution in [0.2, 0.25) is 0 Å². The normalized spacial score (nSPS) is 12.3. The van der Waals surface area contributed by atoms with Crippen LogP contribution in [0.4, 0.5) is 0 Å². The Labute approximate surface area is 118 Å². The van der Waals surface area contributed by atoms with Gasteiger partial charge >= 0.3 is 0 Å². The van der Waals surface area contributed by atoms with Gasteiger partial charge in [0.25, 0.3) is 0 Å². The minimum Gasteiger partial charge on any atom is -0.411 e. The summed E-state index contributed by atoms with van der Waals surface area (Å²) in [5.74, 6) is -0.284. The summed E-state index contributed by atoms with van der Waals surface area (Å²) in [6, 6.07) is 17.1. The molecule has 0 aliphatic rings. The van der Waals surface area contributed by atoms with E-state index in [0.29, 0.717) is 5.56 Å². The van der Waals surface area contributed by atoms with Crippen LogP contribution in [-0.4, -0.2) is 31.3 Å². The molecule has 0 aliphatic heterocycles. The van der Waals surface area contributed by atoms with Crippen LogP contribution in [-0.2, 0) is 9.84 Å². The molecule has 0 saturated heterocycles. The van der Waals surface area contributed by atoms with Crippen molar-refractivity contribution in [2.24, 2.45) is 5.16 Å². The van der Waals surface area contributed by atoms with E-state index in [9.17, 15) is 8.42 Å². The Morgan fingerprint density at radius 3 is 2.05 bits per heavy atom. The van der Waals surface area contributed by atoms with Crippen molar-refractivity contribution in [2.45, 2.75) is 0 Å². The van der Waals surface area contributed by atoms with E-state index in [0.717, 1.165) is 17.4 Å². The van der Waals surface area contributed by atoms with E-state index in [1.165, 1.54) is 0 Å². The van der Waals surface area contributed by atoms with E-state index in [2.05, 4.69) is 5.16 Å². The van der Waals surface area contributed by atoms with Crippen molar-refractivity contribution in [3.8, 4) is 11.1 Å². The maximum absolute atomic E-state index is 11.3. The van der Waals surface area contributed by atoms with Crippen molar-refractivity contribution in [1.29, 1.82) is 0 Å². The molecule has 0 spiro atoms. The highest BCUT2D eigenvalue weighted by molar-refractivity contribution is 7.91. The second-order valence-corrected chi connectivity index (χ2v) is 6.70. The van der Waals surface area contributed by atoms with Crippen LogP contribution in [0.1, 0.15) is 5.56 Å². The van der Waals surface area contributed by atoms with Gasteiger partial charge in [-0.05, 0) is 11.1 Å². The molecule has 0 radical (unpaired) electrons. The topological polar surface area (TPSA) is 66.7 Å². The molecule has 2 aromatic carbocycles. The number of nitrogens with zero attached hydrogens (tertiary/aromatic N) is 1. The van der Waals surface area contributed by atoms with E-state index in [1.807, 2.05) is 42.5 Å². The maximum atomic E-state index is 11.3. The van der Waals surface area contributed by atoms with Gasteiger partial charge in [-0.3, -0.25) is 0 Å². The molecule has 2 aromatic rings. The van der Waals surface area contributed by atoms with Gasteiger partial charge in [0.1, 0.15) is 5.71 Å². The van der Waals surface area contributed by atoms with Gasteiger partial charge in [-0.1, -0.05) is 59.8 Å². The van der Waals surface area contributed by atoms with Gasteiger partial charge in [0.2, 0.25) is 0 Å². The van der Waals surface area contributed by atoms with Gasteiger partial charge < -0.3 is 5.21 Å². The minimum atomic E-state index is -3.24. The summed E-state index contributed by atoms with van der Waals surface area (Å²) in [7, 11) is -3.24. The second-order valence-electron chi connectivity index (χ2n) is 4.56. The van der Waals surface area contributed by atoms with Gasteiger partial charge in [0.15, 0.2) is 9.84 Å². The molecule has 2 rings (SSSR count). The Bertz CT molecular complexity index is 705. The number of hydrogen-bond acceptors (Lipinski definition) is 4. The molecular weight excluding hydrogens is 274 g/mol. The SMILES string of the molecule is CS(=O)(=O)C/C(=N\O)c1ccc(-c2ccccc2)cc1. The molecule has 1 N–H and O–H groups in total. The van der Waals surface area contributed by atoms with Gasteiger partial charge in [0.05, 0.1) is 5.75 Å². The summed E-state index contributed by atoms with van der Waals surface area (Å²) in [4.78, 5) is 0. The van der Waals surface area contributed by atoms with Gasteiger partial charge in [-0.15, -0.1) is 0 Å². The highest BCUT2D eigenvalue weighted by Crippen LogP contribution is 2.19. The molecule has 0 bridgehead atoms. The third-order valence-electron chi connectivity index (χ3n) is 2.84. The highest BCUT2D eigenvalue weighted by atomic mass is 32.2. The molecular formula is C15H15NO3S. The zero-order valence-corrected chi connectivity index (χ0v) is 11.8. The Balaban J connectivity index is 2.28. The minimum absolute atomic E-state index is 0.145. The molecule has 0 aliphatic carbocycles. The van der Waals surface area contributed by atoms with Crippen molar-refractivity contribution in [1.82, 2.24) is 0 Å². The average molecular weight is 289 g/mol. The number of rotatable bonds is 4. The lowest BCUT2D eigenvalue weighted by molar-refractivity contribution is 0.319. The lowest BCUT2D eigenvalue weighted by Gasteiger charge is -2.06. The van der Waals surface area contributed by atoms with Gasteiger partial charge in [-0.25, -0.2) is 8.42 Å². The van der Waals surface area contributed by atoms with E-state index in [-0.39, 0.29) is 11.5 Å². The molecule has 0 unspecified atom stereocenters. The highest BCUT2D eigenvalue weighted by Gasteiger charge is 2.12. The quantitative estimate of drug-likeness (QED) is 0.534. The van der Waals surface area contributed by atoms with Gasteiger partial charge in [0, 0.05) is 11.8 Å². The molecule has 0 heterocycles. The first-order valence-electron chi connectivity index (χ1n) is 6.04. The van der Waals surface area contributed by atoms with E-state index in [1.54, 1.807) is 12.1 Å². The van der Waals surface area contributed by atoms with E-state index in [4.69, 9.17) is 5.21 Å². The molecule has 0 atom stereocenters. The molecule has 0 aromatic heterocycles. The Hall–Kier alpha value is -2.14. The van der Waals surface area contributed by atoms with Crippen molar-refractivity contribution in [3.63, 3.8) is 0 Å². The Morgan fingerprint density at radius 2 is 1.55 bits per heavy atom. The smallest absolute Gasteiger partial charge is 0.153 e. The maximum Gasteiger partial charge on any atom is 0.153 e. The largest absolute Gasteiger partial charge is 0.411 e. The molecule has 0 amide bonds. The van der Waals surface area contributed by atoms with Crippen LogP contribution >= 0.6 is 0 Å². The molecule has 5 heteroatoms. The molecule has 0 fully saturated rings. The van der Waals surface area contributed by atoms with E-state index < -0.39 is 9.84 Å². The molecule has 4 nitrogen and oxygen atoms in total. The van der Waals surface area contributed by atoms with Crippen LogP contribution in [0.25, 0.3) is 11.1 Å². The van der Waals surface area contributed by atoms with Crippen LogP contribution in [0.5, 0.6) is 0 Å². The summed E-state index contributed by atoms with van der Waals surface area (Å²) >= 11 is 0. The third-order valence-corrected chi connectivity index (χ3v) is 3.64. The Morgan fingerprint density at radius 1 is 1.00 bits per heavy atom. The number of benzene rings is 2. The fourth-order valence-corrected chi connectivity index (χ4v) is 2.63. The van der Waals surface area contributed by atoms with E-state index >= 15 is 0 Å². The van der Waals surface area contributed by atoms with Crippen LogP contribution < -0.4 is 0 Å². The lowest BCUT2D eigenvalue weighted by Crippen LogP contribution is -2.15. The summed E-state index contributed by atoms with van der Waals surface area (Å²) in [6.45, 7) is 0.